The van der Waals surface area contributed by atoms with E-state index in [0.29, 0.717) is 16.3 Å². The van der Waals surface area contributed by atoms with Gasteiger partial charge >= 0.3 is 0 Å². The van der Waals surface area contributed by atoms with Gasteiger partial charge in [0, 0.05) is 18.7 Å². The molecule has 4 nitrogen and oxygen atoms in total. The second-order valence-electron chi connectivity index (χ2n) is 3.73. The monoisotopic (exact) mass is 252 g/mol. The van der Waals surface area contributed by atoms with Gasteiger partial charge in [0.1, 0.15) is 0 Å². The molecule has 2 rings (SSSR count). The third-order valence-corrected chi connectivity index (χ3v) is 3.62. The van der Waals surface area contributed by atoms with Gasteiger partial charge in [-0.25, -0.2) is 0 Å². The molecule has 0 bridgehead atoms. The van der Waals surface area contributed by atoms with Gasteiger partial charge in [-0.05, 0) is 6.42 Å². The molecule has 0 aliphatic carbocycles. The molecule has 0 fully saturated rings. The van der Waals surface area contributed by atoms with E-state index < -0.39 is 0 Å². The van der Waals surface area contributed by atoms with Crippen LogP contribution in [-0.2, 0) is 6.54 Å². The van der Waals surface area contributed by atoms with Crippen LogP contribution in [0.15, 0.2) is 12.1 Å². The lowest BCUT2D eigenvalue weighted by Gasteiger charge is -2.08. The maximum Gasteiger partial charge on any atom is 0.182 e. The molecule has 0 aliphatic heterocycles. The second kappa shape index (κ2) is 4.79. The molecular formula is C12H16N2O2S. The number of nitrogens with zero attached hydrogens (tertiary/aromatic N) is 1. The lowest BCUT2D eigenvalue weighted by molar-refractivity contribution is 0.355. The van der Waals surface area contributed by atoms with Crippen LogP contribution >= 0.6 is 11.3 Å². The quantitative estimate of drug-likeness (QED) is 0.909. The van der Waals surface area contributed by atoms with Crippen LogP contribution in [0.25, 0.3) is 10.2 Å². The molecule has 92 valence electrons. The lowest BCUT2D eigenvalue weighted by Crippen LogP contribution is -2.12. The van der Waals surface area contributed by atoms with E-state index in [2.05, 4.69) is 6.92 Å². The third kappa shape index (κ3) is 2.02. The first-order chi connectivity index (χ1) is 8.21. The van der Waals surface area contributed by atoms with E-state index in [0.717, 1.165) is 23.2 Å². The SMILES string of the molecule is CCCn1c(=N)sc2cc(OC)c(OC)cc21. The third-order valence-electron chi connectivity index (χ3n) is 2.65. The highest BCUT2D eigenvalue weighted by molar-refractivity contribution is 7.16. The molecule has 0 spiro atoms. The summed E-state index contributed by atoms with van der Waals surface area (Å²) in [6.45, 7) is 2.96. The normalized spacial score (nSPS) is 10.8. The molecule has 0 amide bonds. The number of ether oxygens (including phenoxy) is 2. The Balaban J connectivity index is 2.70. The van der Waals surface area contributed by atoms with E-state index in [9.17, 15) is 0 Å². The van der Waals surface area contributed by atoms with E-state index in [-0.39, 0.29) is 0 Å². The first-order valence-corrected chi connectivity index (χ1v) is 6.32. The van der Waals surface area contributed by atoms with Crippen molar-refractivity contribution in [2.45, 2.75) is 19.9 Å². The number of methoxy groups -OCH3 is 2. The zero-order valence-corrected chi connectivity index (χ0v) is 11.1. The molecule has 1 heterocycles. The van der Waals surface area contributed by atoms with Crippen LogP contribution in [0.1, 0.15) is 13.3 Å². The first-order valence-electron chi connectivity index (χ1n) is 5.51. The molecule has 0 saturated carbocycles. The van der Waals surface area contributed by atoms with Gasteiger partial charge in [-0.2, -0.15) is 0 Å². The molecule has 5 heteroatoms. The molecule has 1 aromatic carbocycles. The lowest BCUT2D eigenvalue weighted by atomic mass is 10.3. The molecular weight excluding hydrogens is 236 g/mol. The minimum absolute atomic E-state index is 0.567. The van der Waals surface area contributed by atoms with Crippen LogP contribution in [0.3, 0.4) is 0 Å². The highest BCUT2D eigenvalue weighted by Crippen LogP contribution is 2.33. The molecule has 0 radical (unpaired) electrons. The summed E-state index contributed by atoms with van der Waals surface area (Å²) in [7, 11) is 3.25. The standard InChI is InChI=1S/C12H16N2O2S/c1-4-5-14-8-6-9(15-2)10(16-3)7-11(8)17-12(14)13/h6-7,13H,4-5H2,1-3H3. The van der Waals surface area contributed by atoms with Gasteiger partial charge in [-0.15, -0.1) is 0 Å². The van der Waals surface area contributed by atoms with Crippen LogP contribution in [0.4, 0.5) is 0 Å². The highest BCUT2D eigenvalue weighted by Gasteiger charge is 2.11. The van der Waals surface area contributed by atoms with E-state index in [1.807, 2.05) is 16.7 Å². The summed E-state index contributed by atoms with van der Waals surface area (Å²) in [4.78, 5) is 0.567. The van der Waals surface area contributed by atoms with Crippen molar-refractivity contribution in [2.75, 3.05) is 14.2 Å². The Bertz CT molecular complexity index is 586. The minimum atomic E-state index is 0.567. The van der Waals surface area contributed by atoms with Crippen molar-refractivity contribution in [3.63, 3.8) is 0 Å². The van der Waals surface area contributed by atoms with Gasteiger partial charge in [0.15, 0.2) is 16.3 Å². The Morgan fingerprint density at radius 2 is 1.88 bits per heavy atom. The predicted molar refractivity (Wildman–Crippen MR) is 69.1 cm³/mol. The number of benzene rings is 1. The second-order valence-corrected chi connectivity index (χ2v) is 4.76. The number of hydrogen-bond acceptors (Lipinski definition) is 4. The zero-order chi connectivity index (χ0) is 12.4. The van der Waals surface area contributed by atoms with Crippen LogP contribution in [0.5, 0.6) is 11.5 Å². The zero-order valence-electron chi connectivity index (χ0n) is 10.2. The largest absolute Gasteiger partial charge is 0.493 e. The number of aryl methyl sites for hydroxylation is 1. The van der Waals surface area contributed by atoms with Crippen LogP contribution in [0, 0.1) is 5.41 Å². The van der Waals surface area contributed by atoms with Gasteiger partial charge in [0.05, 0.1) is 24.4 Å². The molecule has 17 heavy (non-hydrogen) atoms. The summed E-state index contributed by atoms with van der Waals surface area (Å²) in [5.74, 6) is 1.42. The van der Waals surface area contributed by atoms with E-state index >= 15 is 0 Å². The Morgan fingerprint density at radius 3 is 2.47 bits per heavy atom. The van der Waals surface area contributed by atoms with Crippen molar-refractivity contribution in [3.8, 4) is 11.5 Å². The predicted octanol–water partition coefficient (Wildman–Crippen LogP) is 2.61. The fraction of sp³-hybridized carbons (Fsp3) is 0.417. The topological polar surface area (TPSA) is 47.2 Å². The fourth-order valence-corrected chi connectivity index (χ4v) is 2.80. The maximum absolute atomic E-state index is 7.96. The average molecular weight is 252 g/mol. The molecule has 0 aliphatic rings. The van der Waals surface area contributed by atoms with E-state index in [1.54, 1.807) is 14.2 Å². The summed E-state index contributed by atoms with van der Waals surface area (Å²) >= 11 is 1.46. The van der Waals surface area contributed by atoms with E-state index in [1.165, 1.54) is 11.3 Å². The minimum Gasteiger partial charge on any atom is -0.493 e. The summed E-state index contributed by atoms with van der Waals surface area (Å²) in [5.41, 5.74) is 1.04. The number of rotatable bonds is 4. The van der Waals surface area contributed by atoms with Crippen molar-refractivity contribution in [1.29, 1.82) is 5.41 Å². The average Bonchev–Trinajstić information content (AvgIpc) is 2.64. The molecule has 1 aromatic heterocycles. The molecule has 0 saturated heterocycles. The first kappa shape index (κ1) is 12.0. The molecule has 1 N–H and O–H groups in total. The molecule has 0 atom stereocenters. The van der Waals surface area contributed by atoms with Gasteiger partial charge < -0.3 is 14.0 Å². The smallest absolute Gasteiger partial charge is 0.182 e. The van der Waals surface area contributed by atoms with Crippen molar-refractivity contribution < 1.29 is 9.47 Å². The Kier molecular flexibility index (Phi) is 3.38. The van der Waals surface area contributed by atoms with Gasteiger partial charge in [0.25, 0.3) is 0 Å². The Labute approximate surface area is 104 Å². The van der Waals surface area contributed by atoms with Crippen LogP contribution in [-0.4, -0.2) is 18.8 Å². The number of thiazole rings is 1. The van der Waals surface area contributed by atoms with Crippen LogP contribution < -0.4 is 14.3 Å². The molecule has 0 unspecified atom stereocenters. The van der Waals surface area contributed by atoms with Crippen molar-refractivity contribution in [1.82, 2.24) is 4.57 Å². The Morgan fingerprint density at radius 1 is 1.24 bits per heavy atom. The summed E-state index contributed by atoms with van der Waals surface area (Å²) < 4.78 is 13.6. The maximum atomic E-state index is 7.96. The number of nitrogens with one attached hydrogen (secondary N) is 1. The van der Waals surface area contributed by atoms with E-state index in [4.69, 9.17) is 14.9 Å². The van der Waals surface area contributed by atoms with Gasteiger partial charge in [-0.1, -0.05) is 18.3 Å². The number of aromatic nitrogens is 1. The summed E-state index contributed by atoms with van der Waals surface area (Å²) in [6, 6.07) is 3.88. The Hall–Kier alpha value is -1.49. The number of hydrogen-bond donors (Lipinski definition) is 1. The van der Waals surface area contributed by atoms with Gasteiger partial charge in [0.2, 0.25) is 0 Å². The van der Waals surface area contributed by atoms with Crippen molar-refractivity contribution >= 4 is 21.6 Å². The summed E-state index contributed by atoms with van der Waals surface area (Å²) in [6.07, 6.45) is 1.01. The van der Waals surface area contributed by atoms with Crippen LogP contribution in [0.2, 0.25) is 0 Å². The van der Waals surface area contributed by atoms with Crippen molar-refractivity contribution in [2.24, 2.45) is 0 Å². The highest BCUT2D eigenvalue weighted by atomic mass is 32.1. The van der Waals surface area contributed by atoms with Crippen molar-refractivity contribution in [3.05, 3.63) is 16.9 Å². The molecule has 2 aromatic rings. The number of fused-ring (bicyclic) bond motifs is 1. The summed E-state index contributed by atoms with van der Waals surface area (Å²) in [5, 5.41) is 7.96. The van der Waals surface area contributed by atoms with Gasteiger partial charge in [-0.3, -0.25) is 5.41 Å². The fourth-order valence-electron chi connectivity index (χ4n) is 1.86.